The van der Waals surface area contributed by atoms with E-state index in [1.54, 1.807) is 12.1 Å². The van der Waals surface area contributed by atoms with Crippen LogP contribution in [0.4, 0.5) is 4.39 Å². The third kappa shape index (κ3) is 4.31. The van der Waals surface area contributed by atoms with Gasteiger partial charge in [-0.15, -0.1) is 0 Å². The van der Waals surface area contributed by atoms with Crippen LogP contribution < -0.4 is 5.32 Å². The Morgan fingerprint density at radius 1 is 1.23 bits per heavy atom. The van der Waals surface area contributed by atoms with Crippen LogP contribution in [-0.2, 0) is 11.2 Å². The van der Waals surface area contributed by atoms with Crippen LogP contribution in [-0.4, -0.2) is 5.91 Å². The maximum atomic E-state index is 13.7. The first-order valence-corrected chi connectivity index (χ1v) is 7.67. The summed E-state index contributed by atoms with van der Waals surface area (Å²) in [6, 6.07) is 12.3. The molecule has 0 heterocycles. The molecule has 0 bridgehead atoms. The average molecular weight is 320 g/mol. The zero-order chi connectivity index (χ0) is 16.1. The van der Waals surface area contributed by atoms with E-state index in [9.17, 15) is 9.18 Å². The van der Waals surface area contributed by atoms with Crippen molar-refractivity contribution in [1.82, 2.24) is 5.32 Å². The summed E-state index contributed by atoms with van der Waals surface area (Å²) in [6.07, 6.45) is 0.781. The molecular weight excluding hydrogens is 301 g/mol. The standard InChI is InChI=1S/C18H19ClFNO/c1-3-17(13-6-4-12(2)5-7-13)21-18(22)10-14-8-9-15(19)11-16(14)20/h4-9,11,17H,3,10H2,1-2H3,(H,21,22). The van der Waals surface area contributed by atoms with Crippen molar-refractivity contribution in [3.8, 4) is 0 Å². The first-order valence-electron chi connectivity index (χ1n) is 7.29. The maximum absolute atomic E-state index is 13.7. The number of hydrogen-bond acceptors (Lipinski definition) is 1. The molecular formula is C18H19ClFNO. The van der Waals surface area contributed by atoms with E-state index < -0.39 is 5.82 Å². The summed E-state index contributed by atoms with van der Waals surface area (Å²) in [7, 11) is 0. The van der Waals surface area contributed by atoms with Gasteiger partial charge in [0.15, 0.2) is 0 Å². The largest absolute Gasteiger partial charge is 0.349 e. The van der Waals surface area contributed by atoms with Crippen molar-refractivity contribution >= 4 is 17.5 Å². The van der Waals surface area contributed by atoms with Gasteiger partial charge >= 0.3 is 0 Å². The third-order valence-electron chi connectivity index (χ3n) is 3.59. The zero-order valence-electron chi connectivity index (χ0n) is 12.7. The monoisotopic (exact) mass is 319 g/mol. The van der Waals surface area contributed by atoms with Crippen LogP contribution in [0.3, 0.4) is 0 Å². The van der Waals surface area contributed by atoms with Crippen LogP contribution in [0.5, 0.6) is 0 Å². The van der Waals surface area contributed by atoms with Gasteiger partial charge in [-0.1, -0.05) is 54.4 Å². The first kappa shape index (κ1) is 16.5. The summed E-state index contributed by atoms with van der Waals surface area (Å²) in [5.41, 5.74) is 2.58. The zero-order valence-corrected chi connectivity index (χ0v) is 13.5. The number of rotatable bonds is 5. The first-order chi connectivity index (χ1) is 10.5. The molecule has 1 atom stereocenters. The molecule has 0 aliphatic rings. The number of carbonyl (C=O) groups excluding carboxylic acids is 1. The second-order valence-electron chi connectivity index (χ2n) is 5.35. The minimum absolute atomic E-state index is 0.00532. The molecule has 2 aromatic rings. The Bertz CT molecular complexity index is 655. The molecule has 2 nitrogen and oxygen atoms in total. The Balaban J connectivity index is 2.04. The number of benzene rings is 2. The fourth-order valence-electron chi connectivity index (χ4n) is 2.30. The lowest BCUT2D eigenvalue weighted by Gasteiger charge is -2.18. The predicted octanol–water partition coefficient (Wildman–Crippen LogP) is 4.60. The summed E-state index contributed by atoms with van der Waals surface area (Å²) in [5, 5.41) is 3.28. The van der Waals surface area contributed by atoms with E-state index in [-0.39, 0.29) is 18.4 Å². The van der Waals surface area contributed by atoms with Gasteiger partial charge in [0.2, 0.25) is 5.91 Å². The highest BCUT2D eigenvalue weighted by molar-refractivity contribution is 6.30. The predicted molar refractivity (Wildman–Crippen MR) is 87.5 cm³/mol. The Morgan fingerprint density at radius 3 is 2.50 bits per heavy atom. The van der Waals surface area contributed by atoms with Crippen molar-refractivity contribution in [3.63, 3.8) is 0 Å². The van der Waals surface area contributed by atoms with Crippen LogP contribution in [0.2, 0.25) is 5.02 Å². The second-order valence-corrected chi connectivity index (χ2v) is 5.79. The number of nitrogens with one attached hydrogen (secondary N) is 1. The minimum atomic E-state index is -0.453. The molecule has 0 aliphatic heterocycles. The Labute approximate surface area is 135 Å². The highest BCUT2D eigenvalue weighted by Crippen LogP contribution is 2.19. The van der Waals surface area contributed by atoms with Crippen LogP contribution in [0.25, 0.3) is 0 Å². The molecule has 1 N–H and O–H groups in total. The Hall–Kier alpha value is -1.87. The van der Waals surface area contributed by atoms with Gasteiger partial charge in [0.25, 0.3) is 0 Å². The van der Waals surface area contributed by atoms with Crippen LogP contribution in [0, 0.1) is 12.7 Å². The lowest BCUT2D eigenvalue weighted by Crippen LogP contribution is -2.29. The van der Waals surface area contributed by atoms with Gasteiger partial charge in [0.05, 0.1) is 12.5 Å². The van der Waals surface area contributed by atoms with E-state index in [4.69, 9.17) is 11.6 Å². The van der Waals surface area contributed by atoms with E-state index in [2.05, 4.69) is 5.32 Å². The average Bonchev–Trinajstić information content (AvgIpc) is 2.49. The molecule has 2 aromatic carbocycles. The third-order valence-corrected chi connectivity index (χ3v) is 3.82. The summed E-state index contributed by atoms with van der Waals surface area (Å²) >= 11 is 5.71. The molecule has 0 saturated heterocycles. The Kier molecular flexibility index (Phi) is 5.56. The lowest BCUT2D eigenvalue weighted by atomic mass is 10.0. The van der Waals surface area contributed by atoms with E-state index in [1.165, 1.54) is 11.6 Å². The summed E-state index contributed by atoms with van der Waals surface area (Å²) in [5.74, 6) is -0.653. The number of hydrogen-bond donors (Lipinski definition) is 1. The van der Waals surface area contributed by atoms with Gasteiger partial charge < -0.3 is 5.32 Å². The van der Waals surface area contributed by atoms with Crippen LogP contribution >= 0.6 is 11.6 Å². The number of carbonyl (C=O) groups is 1. The molecule has 22 heavy (non-hydrogen) atoms. The minimum Gasteiger partial charge on any atom is -0.349 e. The number of aryl methyl sites for hydroxylation is 1. The summed E-state index contributed by atoms with van der Waals surface area (Å²) in [6.45, 7) is 4.03. The van der Waals surface area contributed by atoms with Crippen molar-refractivity contribution in [2.45, 2.75) is 32.7 Å². The van der Waals surface area contributed by atoms with Gasteiger partial charge in [-0.05, 0) is 36.6 Å². The maximum Gasteiger partial charge on any atom is 0.225 e. The summed E-state index contributed by atoms with van der Waals surface area (Å²) in [4.78, 5) is 12.1. The molecule has 0 radical (unpaired) electrons. The van der Waals surface area contributed by atoms with Gasteiger partial charge in [-0.3, -0.25) is 4.79 Å². The van der Waals surface area contributed by atoms with Gasteiger partial charge in [0, 0.05) is 5.02 Å². The molecule has 0 spiro atoms. The topological polar surface area (TPSA) is 29.1 Å². The van der Waals surface area contributed by atoms with Crippen molar-refractivity contribution in [1.29, 1.82) is 0 Å². The van der Waals surface area contributed by atoms with E-state index in [0.717, 1.165) is 12.0 Å². The molecule has 1 unspecified atom stereocenters. The van der Waals surface area contributed by atoms with E-state index >= 15 is 0 Å². The van der Waals surface area contributed by atoms with Crippen LogP contribution in [0.15, 0.2) is 42.5 Å². The normalized spacial score (nSPS) is 12.0. The fourth-order valence-corrected chi connectivity index (χ4v) is 2.46. The van der Waals surface area contributed by atoms with Crippen molar-refractivity contribution in [2.24, 2.45) is 0 Å². The van der Waals surface area contributed by atoms with Gasteiger partial charge in [-0.2, -0.15) is 0 Å². The Morgan fingerprint density at radius 2 is 1.91 bits per heavy atom. The molecule has 4 heteroatoms. The van der Waals surface area contributed by atoms with E-state index in [1.807, 2.05) is 38.1 Å². The highest BCUT2D eigenvalue weighted by atomic mass is 35.5. The molecule has 0 fully saturated rings. The number of amides is 1. The highest BCUT2D eigenvalue weighted by Gasteiger charge is 2.14. The van der Waals surface area contributed by atoms with Gasteiger partial charge in [-0.25, -0.2) is 4.39 Å². The molecule has 0 saturated carbocycles. The fraction of sp³-hybridized carbons (Fsp3) is 0.278. The van der Waals surface area contributed by atoms with Crippen molar-refractivity contribution < 1.29 is 9.18 Å². The van der Waals surface area contributed by atoms with Crippen LogP contribution in [0.1, 0.15) is 36.1 Å². The molecule has 0 aliphatic carbocycles. The van der Waals surface area contributed by atoms with E-state index in [0.29, 0.717) is 10.6 Å². The molecule has 116 valence electrons. The summed E-state index contributed by atoms with van der Waals surface area (Å²) < 4.78 is 13.7. The SMILES string of the molecule is CCC(NC(=O)Cc1ccc(Cl)cc1F)c1ccc(C)cc1. The molecule has 0 aromatic heterocycles. The number of halogens is 2. The van der Waals surface area contributed by atoms with Crippen molar-refractivity contribution in [2.75, 3.05) is 0 Å². The lowest BCUT2D eigenvalue weighted by molar-refractivity contribution is -0.121. The van der Waals surface area contributed by atoms with Gasteiger partial charge in [0.1, 0.15) is 5.82 Å². The van der Waals surface area contributed by atoms with Crippen molar-refractivity contribution in [3.05, 3.63) is 70.0 Å². The smallest absolute Gasteiger partial charge is 0.225 e. The molecule has 1 amide bonds. The second kappa shape index (κ2) is 7.41. The molecule has 2 rings (SSSR count). The quantitative estimate of drug-likeness (QED) is 0.857.